The molecule has 0 saturated carbocycles. The average molecular weight is 218 g/mol. The van der Waals surface area contributed by atoms with Gasteiger partial charge in [-0.1, -0.05) is 0 Å². The third-order valence-corrected chi connectivity index (χ3v) is 0. The van der Waals surface area contributed by atoms with Crippen LogP contribution < -0.4 is 0 Å². The van der Waals surface area contributed by atoms with Gasteiger partial charge in [0.2, 0.25) is 0 Å². The van der Waals surface area contributed by atoms with Crippen molar-refractivity contribution < 1.29 is 4.55 Å². The van der Waals surface area contributed by atoms with Crippen LogP contribution in [0, 0.1) is 0 Å². The maximum atomic E-state index is 9.09. The molecule has 0 amide bonds. The van der Waals surface area contributed by atoms with Crippen LogP contribution >= 0.6 is 44.6 Å². The fourth-order valence-electron chi connectivity index (χ4n) is 0. The van der Waals surface area contributed by atoms with E-state index in [0.717, 1.165) is 0 Å². The smallest absolute Gasteiger partial charge is 0.198 e. The van der Waals surface area contributed by atoms with Crippen molar-refractivity contribution in [1.82, 2.24) is 0 Å². The van der Waals surface area contributed by atoms with E-state index in [1.807, 2.05) is 0 Å². The van der Waals surface area contributed by atoms with Crippen molar-refractivity contribution in [2.75, 3.05) is 0 Å². The fourth-order valence-corrected chi connectivity index (χ4v) is 0. The van der Waals surface area contributed by atoms with Crippen LogP contribution in [0.25, 0.3) is 0 Å². The molecule has 0 radical (unpaired) electrons. The number of alkyl halides is 2. The summed E-state index contributed by atoms with van der Waals surface area (Å²) in [5.74, 6) is 0. The zero-order chi connectivity index (χ0) is 7.15. The molecule has 0 fully saturated rings. The largest absolute Gasteiger partial charge is 0.582 e. The minimum atomic E-state index is -1.67. The lowest BCUT2D eigenvalue weighted by Gasteiger charge is -1.73. The maximum Gasteiger partial charge on any atom is 0.198 e. The fraction of sp³-hybridized carbons (Fsp3) is 1.00. The van der Waals surface area contributed by atoms with E-state index in [1.54, 1.807) is 6.92 Å². The highest BCUT2D eigenvalue weighted by Gasteiger charge is 1.83. The zero-order valence-corrected chi connectivity index (χ0v) is 7.75. The van der Waals surface area contributed by atoms with E-state index in [4.69, 9.17) is 27.8 Å². The Morgan fingerprint density at radius 1 is 1.38 bits per heavy atom. The van der Waals surface area contributed by atoms with Gasteiger partial charge in [-0.15, -0.1) is 23.2 Å². The first-order chi connectivity index (χ1) is 3.46. The lowest BCUT2D eigenvalue weighted by atomic mass is 11.0. The Kier molecular flexibility index (Phi) is 12.9. The molecule has 0 aromatic rings. The number of hydrogen-bond acceptors (Lipinski definition) is 1. The molecule has 0 aliphatic heterocycles. The summed E-state index contributed by atoms with van der Waals surface area (Å²) in [7, 11) is 7.36. The van der Waals surface area contributed by atoms with E-state index in [0.29, 0.717) is 0 Å². The molecule has 0 unspecified atom stereocenters. The number of hydrogen-bond donors (Lipinski definition) is 0. The molecular weight excluding hydrogens is 214 g/mol. The van der Waals surface area contributed by atoms with Crippen molar-refractivity contribution in [2.24, 2.45) is 0 Å². The normalized spacial score (nSPS) is 9.00. The molecule has 0 spiro atoms. The van der Waals surface area contributed by atoms with Gasteiger partial charge in [-0.05, 0) is 6.92 Å². The molecule has 0 saturated heterocycles. The van der Waals surface area contributed by atoms with Crippen molar-refractivity contribution in [3.05, 3.63) is 0 Å². The Balaban J connectivity index is 0. The second-order valence-electron chi connectivity index (χ2n) is 0.703. The summed E-state index contributed by atoms with van der Waals surface area (Å²) in [6.45, 7) is 1.70. The van der Waals surface area contributed by atoms with Crippen LogP contribution in [0.3, 0.4) is 0 Å². The Labute approximate surface area is 70.4 Å². The van der Waals surface area contributed by atoms with Crippen LogP contribution in [0.5, 0.6) is 0 Å². The summed E-state index contributed by atoms with van der Waals surface area (Å²) in [5, 5.41) is 0. The Morgan fingerprint density at radius 2 is 1.38 bits per heavy atom. The predicted octanol–water partition coefficient (Wildman–Crippen LogP) is 2.85. The average Bonchev–Trinajstić information content (AvgIpc) is 1.25. The first kappa shape index (κ1) is 12.2. The van der Waals surface area contributed by atoms with Crippen molar-refractivity contribution in [3.63, 3.8) is 0 Å². The summed E-state index contributed by atoms with van der Waals surface area (Å²) in [4.78, 5) is -0.222. The van der Waals surface area contributed by atoms with Gasteiger partial charge in [0.25, 0.3) is 0 Å². The van der Waals surface area contributed by atoms with Crippen LogP contribution in [-0.4, -0.2) is 9.39 Å². The van der Waals surface area contributed by atoms with E-state index in [1.165, 1.54) is 0 Å². The highest BCUT2D eigenvalue weighted by atomic mass is 36.0. The first-order valence-electron chi connectivity index (χ1n) is 1.49. The molecule has 1 nitrogen and oxygen atoms in total. The van der Waals surface area contributed by atoms with E-state index >= 15 is 0 Å². The molecule has 0 aromatic heterocycles. The third kappa shape index (κ3) is 145. The molecule has 0 heterocycles. The molecule has 52 valence electrons. The summed E-state index contributed by atoms with van der Waals surface area (Å²) in [6.07, 6.45) is 0. The number of halogens is 4. The van der Waals surface area contributed by atoms with Gasteiger partial charge in [0.1, 0.15) is 4.84 Å². The Morgan fingerprint density at radius 3 is 1.38 bits per heavy atom. The SMILES string of the molecule is CC(Cl)Cl.[O-][S+](Cl)Cl. The van der Waals surface area contributed by atoms with Crippen molar-refractivity contribution >= 4 is 54.2 Å². The highest BCUT2D eigenvalue weighted by Crippen LogP contribution is 1.98. The Hall–Kier alpha value is 1.47. The molecule has 0 rings (SSSR count). The van der Waals surface area contributed by atoms with Crippen LogP contribution in [0.1, 0.15) is 6.92 Å². The minimum absolute atomic E-state index is 0.222. The second-order valence-corrected chi connectivity index (χ2v) is 4.76. The van der Waals surface area contributed by atoms with Gasteiger partial charge < -0.3 is 4.55 Å². The molecule has 6 heteroatoms. The number of rotatable bonds is 0. The van der Waals surface area contributed by atoms with Gasteiger partial charge in [0.15, 0.2) is 31.0 Å². The standard InChI is InChI=1S/C2H4Cl2.Cl2OS/c1-2(3)4;1-4(2)3/h2H,1H3;. The molecule has 8 heavy (non-hydrogen) atoms. The summed E-state index contributed by atoms with van der Waals surface area (Å²) in [5.41, 5.74) is 0. The van der Waals surface area contributed by atoms with E-state index < -0.39 is 9.60 Å². The quantitative estimate of drug-likeness (QED) is 0.452. The summed E-state index contributed by atoms with van der Waals surface area (Å²) in [6, 6.07) is 0. The summed E-state index contributed by atoms with van der Waals surface area (Å²) >= 11 is 10.1. The third-order valence-electron chi connectivity index (χ3n) is 0. The molecule has 0 aliphatic rings. The van der Waals surface area contributed by atoms with E-state index in [2.05, 4.69) is 21.4 Å². The zero-order valence-electron chi connectivity index (χ0n) is 3.91. The van der Waals surface area contributed by atoms with Crippen LogP contribution in [0.4, 0.5) is 0 Å². The second kappa shape index (κ2) is 8.47. The maximum absolute atomic E-state index is 9.09. The topological polar surface area (TPSA) is 23.1 Å². The lowest BCUT2D eigenvalue weighted by molar-refractivity contribution is 0.620. The van der Waals surface area contributed by atoms with Crippen LogP contribution in [0.15, 0.2) is 0 Å². The van der Waals surface area contributed by atoms with Gasteiger partial charge in [0.05, 0.1) is 0 Å². The summed E-state index contributed by atoms with van der Waals surface area (Å²) < 4.78 is 9.09. The van der Waals surface area contributed by atoms with Gasteiger partial charge in [0, 0.05) is 0 Å². The molecule has 0 bridgehead atoms. The van der Waals surface area contributed by atoms with E-state index in [-0.39, 0.29) is 4.84 Å². The van der Waals surface area contributed by atoms with Crippen molar-refractivity contribution in [2.45, 2.75) is 11.8 Å². The first-order valence-corrected chi connectivity index (χ1v) is 5.16. The van der Waals surface area contributed by atoms with Gasteiger partial charge in [-0.3, -0.25) is 0 Å². The van der Waals surface area contributed by atoms with Crippen LogP contribution in [-0.2, 0) is 9.60 Å². The predicted molar refractivity (Wildman–Crippen MR) is 41.0 cm³/mol. The minimum Gasteiger partial charge on any atom is -0.582 e. The highest BCUT2D eigenvalue weighted by molar-refractivity contribution is 8.31. The molecular formula is C2H4Cl4OS. The molecule has 0 atom stereocenters. The van der Waals surface area contributed by atoms with Gasteiger partial charge >= 0.3 is 0 Å². The molecule has 0 aromatic carbocycles. The van der Waals surface area contributed by atoms with Gasteiger partial charge in [-0.25, -0.2) is 0 Å². The van der Waals surface area contributed by atoms with Crippen molar-refractivity contribution in [3.8, 4) is 0 Å². The van der Waals surface area contributed by atoms with Gasteiger partial charge in [-0.2, -0.15) is 0 Å². The van der Waals surface area contributed by atoms with Crippen LogP contribution in [0.2, 0.25) is 0 Å². The lowest BCUT2D eigenvalue weighted by Crippen LogP contribution is -1.63. The molecule has 0 N–H and O–H groups in total. The van der Waals surface area contributed by atoms with E-state index in [9.17, 15) is 0 Å². The monoisotopic (exact) mass is 216 g/mol. The Bertz CT molecular complexity index is 29.5. The molecule has 0 aliphatic carbocycles. The van der Waals surface area contributed by atoms with Crippen molar-refractivity contribution in [1.29, 1.82) is 0 Å².